The minimum atomic E-state index is -4.30. The first-order chi connectivity index (χ1) is 6.26. The summed E-state index contributed by atoms with van der Waals surface area (Å²) in [5.41, 5.74) is 0. The van der Waals surface area contributed by atoms with Crippen LogP contribution in [0.2, 0.25) is 0 Å². The molecule has 0 aliphatic heterocycles. The summed E-state index contributed by atoms with van der Waals surface area (Å²) in [6.45, 7) is 1.14. The summed E-state index contributed by atoms with van der Waals surface area (Å²) in [5, 5.41) is 4.26. The molecule has 0 fully saturated rings. The van der Waals surface area contributed by atoms with Crippen molar-refractivity contribution in [3.8, 4) is 0 Å². The highest BCUT2D eigenvalue weighted by Gasteiger charge is 2.23. The van der Waals surface area contributed by atoms with Gasteiger partial charge in [0.25, 0.3) is 10.1 Å². The van der Waals surface area contributed by atoms with Crippen LogP contribution in [0.5, 0.6) is 0 Å². The molecular weight excluding hydrogens is 212 g/mol. The van der Waals surface area contributed by atoms with Crippen LogP contribution in [-0.2, 0) is 19.7 Å². The fraction of sp³-hybridized carbons (Fsp3) is 0.667. The fourth-order valence-electron chi connectivity index (χ4n) is 0.813. The molecule has 8 heteroatoms. The minimum Gasteiger partial charge on any atom is -0.357 e. The zero-order chi connectivity index (χ0) is 11.4. The third kappa shape index (κ3) is 5.49. The Labute approximate surface area is 81.6 Å². The maximum Gasteiger partial charge on any atom is 0.267 e. The van der Waals surface area contributed by atoms with Crippen LogP contribution in [0.25, 0.3) is 0 Å². The van der Waals surface area contributed by atoms with Crippen LogP contribution < -0.4 is 10.6 Å². The molecule has 2 amide bonds. The van der Waals surface area contributed by atoms with Gasteiger partial charge in [0.15, 0.2) is 0 Å². The number of rotatable bonds is 4. The second-order valence-electron chi connectivity index (χ2n) is 2.62. The van der Waals surface area contributed by atoms with Gasteiger partial charge in [-0.15, -0.1) is 0 Å². The molecule has 0 rings (SSSR count). The molecule has 3 N–H and O–H groups in total. The molecular formula is C6H12N2O5S. The Morgan fingerprint density at radius 3 is 2.21 bits per heavy atom. The Kier molecular flexibility index (Phi) is 4.51. The Hall–Kier alpha value is -1.15. The lowest BCUT2D eigenvalue weighted by atomic mass is 10.3. The summed E-state index contributed by atoms with van der Waals surface area (Å²) >= 11 is 0. The predicted octanol–water partition coefficient (Wildman–Crippen LogP) is -1.88. The lowest BCUT2D eigenvalue weighted by molar-refractivity contribution is -0.127. The molecule has 0 saturated carbocycles. The third-order valence-corrected chi connectivity index (χ3v) is 2.07. The standard InChI is InChI=1S/C6H12N2O5S/c1-4(9)8-5(6(10)7-2)3-14(11,12)13/h5H,3H2,1-2H3,(H,7,10)(H,8,9)(H,11,12,13)/t5-/m0/s1. The van der Waals surface area contributed by atoms with Gasteiger partial charge in [-0.3, -0.25) is 14.1 Å². The van der Waals surface area contributed by atoms with E-state index in [9.17, 15) is 18.0 Å². The van der Waals surface area contributed by atoms with Gasteiger partial charge in [-0.25, -0.2) is 0 Å². The van der Waals surface area contributed by atoms with Crippen molar-refractivity contribution in [2.24, 2.45) is 0 Å². The molecule has 0 unspecified atom stereocenters. The molecule has 7 nitrogen and oxygen atoms in total. The van der Waals surface area contributed by atoms with E-state index in [-0.39, 0.29) is 0 Å². The van der Waals surface area contributed by atoms with Gasteiger partial charge in [-0.1, -0.05) is 0 Å². The van der Waals surface area contributed by atoms with Crippen molar-refractivity contribution in [2.75, 3.05) is 12.8 Å². The average molecular weight is 224 g/mol. The fourth-order valence-corrected chi connectivity index (χ4v) is 1.47. The molecule has 0 saturated heterocycles. The number of carbonyl (C=O) groups is 2. The van der Waals surface area contributed by atoms with Gasteiger partial charge in [-0.05, 0) is 0 Å². The van der Waals surface area contributed by atoms with Crippen molar-refractivity contribution in [1.29, 1.82) is 0 Å². The average Bonchev–Trinajstić information content (AvgIpc) is 1.98. The van der Waals surface area contributed by atoms with E-state index in [2.05, 4.69) is 10.6 Å². The van der Waals surface area contributed by atoms with Gasteiger partial charge in [0.2, 0.25) is 11.8 Å². The number of nitrogens with one attached hydrogen (secondary N) is 2. The summed E-state index contributed by atoms with van der Waals surface area (Å²) in [6, 6.07) is -1.27. The van der Waals surface area contributed by atoms with Gasteiger partial charge >= 0.3 is 0 Å². The monoisotopic (exact) mass is 224 g/mol. The molecule has 0 heterocycles. The van der Waals surface area contributed by atoms with Crippen LogP contribution in [0.15, 0.2) is 0 Å². The Morgan fingerprint density at radius 2 is 1.93 bits per heavy atom. The summed E-state index contributed by atoms with van der Waals surface area (Å²) in [5.74, 6) is -2.08. The summed E-state index contributed by atoms with van der Waals surface area (Å²) in [4.78, 5) is 21.6. The molecule has 0 spiro atoms. The molecule has 0 aliphatic carbocycles. The van der Waals surface area contributed by atoms with Gasteiger partial charge in [0, 0.05) is 14.0 Å². The zero-order valence-corrected chi connectivity index (χ0v) is 8.59. The van der Waals surface area contributed by atoms with Gasteiger partial charge in [0.1, 0.15) is 11.8 Å². The Morgan fingerprint density at radius 1 is 1.43 bits per heavy atom. The molecule has 0 aliphatic rings. The van der Waals surface area contributed by atoms with E-state index >= 15 is 0 Å². The highest BCUT2D eigenvalue weighted by atomic mass is 32.2. The first-order valence-electron chi connectivity index (χ1n) is 3.70. The van der Waals surface area contributed by atoms with Crippen LogP contribution >= 0.6 is 0 Å². The van der Waals surface area contributed by atoms with E-state index in [0.717, 1.165) is 6.92 Å². The van der Waals surface area contributed by atoms with E-state index in [1.807, 2.05) is 0 Å². The minimum absolute atomic E-state index is 0.553. The number of hydrogen-bond donors (Lipinski definition) is 3. The van der Waals surface area contributed by atoms with Crippen LogP contribution in [0.4, 0.5) is 0 Å². The maximum absolute atomic E-state index is 11.0. The molecule has 0 bridgehead atoms. The van der Waals surface area contributed by atoms with Crippen LogP contribution in [0.1, 0.15) is 6.92 Å². The SMILES string of the molecule is CNC(=O)[C@H](CS(=O)(=O)O)NC(C)=O. The number of likely N-dealkylation sites (N-methyl/N-ethyl adjacent to an activating group) is 1. The molecule has 0 radical (unpaired) electrons. The molecule has 82 valence electrons. The predicted molar refractivity (Wildman–Crippen MR) is 48.1 cm³/mol. The van der Waals surface area contributed by atoms with Crippen LogP contribution in [0, 0.1) is 0 Å². The lowest BCUT2D eigenvalue weighted by Crippen LogP contribution is -2.48. The second-order valence-corrected chi connectivity index (χ2v) is 4.11. The number of carbonyl (C=O) groups excluding carboxylic acids is 2. The highest BCUT2D eigenvalue weighted by molar-refractivity contribution is 7.85. The normalized spacial score (nSPS) is 13.1. The van der Waals surface area contributed by atoms with Crippen LogP contribution in [0.3, 0.4) is 0 Å². The third-order valence-electron chi connectivity index (χ3n) is 1.32. The Balaban J connectivity index is 4.56. The number of hydrogen-bond acceptors (Lipinski definition) is 4. The van der Waals surface area contributed by atoms with Gasteiger partial charge < -0.3 is 10.6 Å². The van der Waals surface area contributed by atoms with Gasteiger partial charge in [-0.2, -0.15) is 8.42 Å². The smallest absolute Gasteiger partial charge is 0.267 e. The van der Waals surface area contributed by atoms with Crippen molar-refractivity contribution >= 4 is 21.9 Å². The van der Waals surface area contributed by atoms with Crippen LogP contribution in [-0.4, -0.2) is 43.6 Å². The topological polar surface area (TPSA) is 113 Å². The summed E-state index contributed by atoms with van der Waals surface area (Å²) < 4.78 is 29.4. The molecule has 1 atom stereocenters. The first kappa shape index (κ1) is 12.8. The van der Waals surface area contributed by atoms with Crippen molar-refractivity contribution < 1.29 is 22.6 Å². The van der Waals surface area contributed by atoms with E-state index in [4.69, 9.17) is 4.55 Å². The number of amides is 2. The Bertz CT molecular complexity index is 323. The quantitative estimate of drug-likeness (QED) is 0.484. The van der Waals surface area contributed by atoms with Crippen molar-refractivity contribution in [2.45, 2.75) is 13.0 Å². The van der Waals surface area contributed by atoms with E-state index in [1.165, 1.54) is 7.05 Å². The largest absolute Gasteiger partial charge is 0.357 e. The van der Waals surface area contributed by atoms with Crippen molar-refractivity contribution in [3.63, 3.8) is 0 Å². The second kappa shape index (κ2) is 4.91. The van der Waals surface area contributed by atoms with Gasteiger partial charge in [0.05, 0.1) is 0 Å². The van der Waals surface area contributed by atoms with E-state index in [1.54, 1.807) is 0 Å². The summed E-state index contributed by atoms with van der Waals surface area (Å²) in [6.07, 6.45) is 0. The summed E-state index contributed by atoms with van der Waals surface area (Å²) in [7, 11) is -3.01. The first-order valence-corrected chi connectivity index (χ1v) is 5.31. The van der Waals surface area contributed by atoms with E-state index in [0.29, 0.717) is 0 Å². The zero-order valence-electron chi connectivity index (χ0n) is 7.77. The highest BCUT2D eigenvalue weighted by Crippen LogP contribution is 1.91. The molecule has 14 heavy (non-hydrogen) atoms. The lowest BCUT2D eigenvalue weighted by Gasteiger charge is -2.13. The molecule has 0 aromatic rings. The van der Waals surface area contributed by atoms with Crippen molar-refractivity contribution in [1.82, 2.24) is 10.6 Å². The molecule has 0 aromatic heterocycles. The van der Waals surface area contributed by atoms with Crippen molar-refractivity contribution in [3.05, 3.63) is 0 Å². The van der Waals surface area contributed by atoms with E-state index < -0.39 is 33.7 Å². The maximum atomic E-state index is 11.0. The molecule has 0 aromatic carbocycles.